The summed E-state index contributed by atoms with van der Waals surface area (Å²) in [4.78, 5) is 18.2. The van der Waals surface area contributed by atoms with Crippen LogP contribution in [-0.4, -0.2) is 14.9 Å². The molecule has 0 unspecified atom stereocenters. The maximum absolute atomic E-state index is 10.5. The zero-order valence-electron chi connectivity index (χ0n) is 7.77. The van der Waals surface area contributed by atoms with Gasteiger partial charge in [0.15, 0.2) is 5.15 Å². The van der Waals surface area contributed by atoms with Crippen molar-refractivity contribution in [3.63, 3.8) is 0 Å². The van der Waals surface area contributed by atoms with Gasteiger partial charge in [-0.25, -0.2) is 9.97 Å². The summed E-state index contributed by atoms with van der Waals surface area (Å²) in [5.41, 5.74) is 1.59. The van der Waals surface area contributed by atoms with Gasteiger partial charge in [0.05, 0.1) is 21.7 Å². The lowest BCUT2D eigenvalue weighted by atomic mass is 10.2. The highest BCUT2D eigenvalue weighted by molar-refractivity contribution is 6.30. The topological polar surface area (TPSA) is 68.9 Å². The number of non-ortho nitro benzene ring substituents is 1. The molecule has 2 aromatic rings. The lowest BCUT2D eigenvalue weighted by molar-refractivity contribution is -0.384. The highest BCUT2D eigenvalue weighted by atomic mass is 35.5. The number of benzene rings is 1. The zero-order chi connectivity index (χ0) is 11.0. The number of aryl methyl sites for hydroxylation is 1. The third kappa shape index (κ3) is 1.73. The number of hydrogen-bond acceptors (Lipinski definition) is 4. The van der Waals surface area contributed by atoms with E-state index < -0.39 is 4.92 Å². The van der Waals surface area contributed by atoms with Crippen LogP contribution in [0.15, 0.2) is 18.2 Å². The molecule has 1 aromatic heterocycles. The van der Waals surface area contributed by atoms with E-state index in [0.29, 0.717) is 21.9 Å². The summed E-state index contributed by atoms with van der Waals surface area (Å²) >= 11 is 5.78. The Morgan fingerprint density at radius 1 is 1.33 bits per heavy atom. The quantitative estimate of drug-likeness (QED) is 0.550. The first-order chi connectivity index (χ1) is 7.08. The van der Waals surface area contributed by atoms with Crippen LogP contribution in [0.1, 0.15) is 5.69 Å². The Bertz CT molecular complexity index is 556. The van der Waals surface area contributed by atoms with Crippen molar-refractivity contribution in [2.75, 3.05) is 0 Å². The average Bonchev–Trinajstić information content (AvgIpc) is 2.19. The first-order valence-electron chi connectivity index (χ1n) is 4.16. The zero-order valence-corrected chi connectivity index (χ0v) is 8.52. The molecule has 0 bridgehead atoms. The summed E-state index contributed by atoms with van der Waals surface area (Å²) in [6.45, 7) is 1.70. The molecule has 0 amide bonds. The summed E-state index contributed by atoms with van der Waals surface area (Å²) in [5.74, 6) is 0. The molecule has 2 rings (SSSR count). The summed E-state index contributed by atoms with van der Waals surface area (Å²) < 4.78 is 0. The van der Waals surface area contributed by atoms with E-state index in [1.807, 2.05) is 0 Å². The standard InChI is InChI=1S/C9H6ClN3O2/c1-5-9(10)12-7-3-2-6(13(14)15)4-8(7)11-5/h2-4H,1H3. The van der Waals surface area contributed by atoms with Crippen molar-refractivity contribution in [1.29, 1.82) is 0 Å². The molecule has 0 radical (unpaired) electrons. The summed E-state index contributed by atoms with van der Waals surface area (Å²) in [5, 5.41) is 10.8. The molecule has 0 aliphatic heterocycles. The molecule has 0 spiro atoms. The summed E-state index contributed by atoms with van der Waals surface area (Å²) in [6, 6.07) is 4.29. The maximum atomic E-state index is 10.5. The van der Waals surface area contributed by atoms with Crippen molar-refractivity contribution in [2.45, 2.75) is 6.92 Å². The van der Waals surface area contributed by atoms with Crippen molar-refractivity contribution in [3.05, 3.63) is 39.2 Å². The number of hydrogen-bond donors (Lipinski definition) is 0. The molecule has 1 aromatic carbocycles. The Balaban J connectivity index is 2.72. The second-order valence-corrected chi connectivity index (χ2v) is 3.39. The molecule has 0 fully saturated rings. The first kappa shape index (κ1) is 9.79. The van der Waals surface area contributed by atoms with Gasteiger partial charge in [0.2, 0.25) is 0 Å². The molecule has 0 aliphatic carbocycles. The van der Waals surface area contributed by atoms with Gasteiger partial charge in [-0.1, -0.05) is 11.6 Å². The van der Waals surface area contributed by atoms with E-state index in [4.69, 9.17) is 11.6 Å². The lowest BCUT2D eigenvalue weighted by Gasteiger charge is -2.00. The van der Waals surface area contributed by atoms with E-state index >= 15 is 0 Å². The number of nitrogens with zero attached hydrogens (tertiary/aromatic N) is 3. The van der Waals surface area contributed by atoms with E-state index in [1.165, 1.54) is 18.2 Å². The Labute approximate surface area is 89.9 Å². The molecule has 15 heavy (non-hydrogen) atoms. The van der Waals surface area contributed by atoms with Crippen molar-refractivity contribution >= 4 is 28.3 Å². The van der Waals surface area contributed by atoms with E-state index in [1.54, 1.807) is 6.92 Å². The SMILES string of the molecule is Cc1nc2cc([N+](=O)[O-])ccc2nc1Cl. The van der Waals surface area contributed by atoms with Gasteiger partial charge in [-0.15, -0.1) is 0 Å². The number of nitro benzene ring substituents is 1. The van der Waals surface area contributed by atoms with Crippen LogP contribution in [0.25, 0.3) is 11.0 Å². The molecule has 0 saturated heterocycles. The number of nitro groups is 1. The highest BCUT2D eigenvalue weighted by Gasteiger charge is 2.09. The van der Waals surface area contributed by atoms with E-state index in [9.17, 15) is 10.1 Å². The Morgan fingerprint density at radius 2 is 2.07 bits per heavy atom. The van der Waals surface area contributed by atoms with Crippen LogP contribution >= 0.6 is 11.6 Å². The Hall–Kier alpha value is -1.75. The second kappa shape index (κ2) is 3.43. The Morgan fingerprint density at radius 3 is 2.73 bits per heavy atom. The van der Waals surface area contributed by atoms with Gasteiger partial charge in [0.1, 0.15) is 0 Å². The summed E-state index contributed by atoms with van der Waals surface area (Å²) in [7, 11) is 0. The van der Waals surface area contributed by atoms with E-state index in [0.717, 1.165) is 0 Å². The predicted octanol–water partition coefficient (Wildman–Crippen LogP) is 2.50. The first-order valence-corrected chi connectivity index (χ1v) is 4.54. The maximum Gasteiger partial charge on any atom is 0.271 e. The van der Waals surface area contributed by atoms with Crippen LogP contribution in [0.3, 0.4) is 0 Å². The third-order valence-corrected chi connectivity index (χ3v) is 2.33. The molecule has 5 nitrogen and oxygen atoms in total. The number of rotatable bonds is 1. The van der Waals surface area contributed by atoms with Crippen molar-refractivity contribution in [2.24, 2.45) is 0 Å². The minimum absolute atomic E-state index is 0.00137. The van der Waals surface area contributed by atoms with Crippen LogP contribution in [0.2, 0.25) is 5.15 Å². The largest absolute Gasteiger partial charge is 0.271 e. The highest BCUT2D eigenvalue weighted by Crippen LogP contribution is 2.20. The average molecular weight is 224 g/mol. The van der Waals surface area contributed by atoms with Crippen LogP contribution < -0.4 is 0 Å². The second-order valence-electron chi connectivity index (χ2n) is 3.03. The van der Waals surface area contributed by atoms with Gasteiger partial charge in [0.25, 0.3) is 5.69 Å². The fraction of sp³-hybridized carbons (Fsp3) is 0.111. The van der Waals surface area contributed by atoms with Gasteiger partial charge in [-0.05, 0) is 13.0 Å². The van der Waals surface area contributed by atoms with E-state index in [2.05, 4.69) is 9.97 Å². The molecular formula is C9H6ClN3O2. The third-order valence-electron chi connectivity index (χ3n) is 1.98. The van der Waals surface area contributed by atoms with Crippen LogP contribution in [0, 0.1) is 17.0 Å². The van der Waals surface area contributed by atoms with Gasteiger partial charge in [0, 0.05) is 12.1 Å². The summed E-state index contributed by atoms with van der Waals surface area (Å²) in [6.07, 6.45) is 0. The van der Waals surface area contributed by atoms with Crippen LogP contribution in [0.4, 0.5) is 5.69 Å². The van der Waals surface area contributed by atoms with E-state index in [-0.39, 0.29) is 5.69 Å². The molecule has 1 heterocycles. The van der Waals surface area contributed by atoms with Crippen LogP contribution in [-0.2, 0) is 0 Å². The fourth-order valence-electron chi connectivity index (χ4n) is 1.22. The number of fused-ring (bicyclic) bond motifs is 1. The van der Waals surface area contributed by atoms with Gasteiger partial charge < -0.3 is 0 Å². The van der Waals surface area contributed by atoms with Gasteiger partial charge in [-0.3, -0.25) is 10.1 Å². The predicted molar refractivity (Wildman–Crippen MR) is 55.9 cm³/mol. The number of halogens is 1. The number of aromatic nitrogens is 2. The molecular weight excluding hydrogens is 218 g/mol. The minimum atomic E-state index is -0.467. The van der Waals surface area contributed by atoms with Crippen molar-refractivity contribution in [1.82, 2.24) is 9.97 Å². The van der Waals surface area contributed by atoms with Crippen LogP contribution in [0.5, 0.6) is 0 Å². The normalized spacial score (nSPS) is 10.5. The van der Waals surface area contributed by atoms with Crippen molar-refractivity contribution < 1.29 is 4.92 Å². The molecule has 76 valence electrons. The molecule has 0 N–H and O–H groups in total. The lowest BCUT2D eigenvalue weighted by Crippen LogP contribution is -1.92. The molecule has 0 aliphatic rings. The molecule has 6 heteroatoms. The molecule has 0 saturated carbocycles. The minimum Gasteiger partial charge on any atom is -0.258 e. The smallest absolute Gasteiger partial charge is 0.258 e. The van der Waals surface area contributed by atoms with Crippen molar-refractivity contribution in [3.8, 4) is 0 Å². The van der Waals surface area contributed by atoms with Gasteiger partial charge >= 0.3 is 0 Å². The monoisotopic (exact) mass is 223 g/mol. The van der Waals surface area contributed by atoms with Gasteiger partial charge in [-0.2, -0.15) is 0 Å². The Kier molecular flexibility index (Phi) is 2.24. The molecule has 0 atom stereocenters. The fourth-order valence-corrected chi connectivity index (χ4v) is 1.36.